The van der Waals surface area contributed by atoms with Crippen molar-refractivity contribution in [3.05, 3.63) is 16.3 Å². The van der Waals surface area contributed by atoms with E-state index >= 15 is 0 Å². The van der Waals surface area contributed by atoms with Crippen LogP contribution in [0.1, 0.15) is 31.5 Å². The summed E-state index contributed by atoms with van der Waals surface area (Å²) in [5.41, 5.74) is -0.339. The molecule has 0 aromatic carbocycles. The first-order valence-electron chi connectivity index (χ1n) is 7.08. The molecule has 108 valence electrons. The van der Waals surface area contributed by atoms with Crippen molar-refractivity contribution >= 4 is 11.7 Å². The number of hydrogen-bond acceptors (Lipinski definition) is 4. The van der Waals surface area contributed by atoms with Crippen LogP contribution in [0.2, 0.25) is 0 Å². The van der Waals surface area contributed by atoms with Crippen molar-refractivity contribution in [3.8, 4) is 0 Å². The molecule has 1 amide bonds. The van der Waals surface area contributed by atoms with E-state index in [1.165, 1.54) is 0 Å². The number of carbonyl (C=O) groups excluding carboxylic acids is 2. The molecule has 0 spiro atoms. The summed E-state index contributed by atoms with van der Waals surface area (Å²) in [6.07, 6.45) is 3.77. The predicted octanol–water partition coefficient (Wildman–Crippen LogP) is -0.238. The lowest BCUT2D eigenvalue weighted by molar-refractivity contribution is -0.132. The Bertz CT molecular complexity index is 560. The zero-order valence-corrected chi connectivity index (χ0v) is 11.1. The Morgan fingerprint density at radius 2 is 1.95 bits per heavy atom. The molecule has 7 nitrogen and oxygen atoms in total. The van der Waals surface area contributed by atoms with Gasteiger partial charge in [-0.1, -0.05) is 0 Å². The summed E-state index contributed by atoms with van der Waals surface area (Å²) in [5, 5.41) is 8.93. The van der Waals surface area contributed by atoms with Gasteiger partial charge < -0.3 is 5.32 Å². The lowest BCUT2D eigenvalue weighted by Gasteiger charge is -2.25. The molecule has 1 heterocycles. The smallest absolute Gasteiger partial charge is 0.340 e. The van der Waals surface area contributed by atoms with Crippen LogP contribution in [-0.2, 0) is 16.0 Å². The minimum Gasteiger partial charge on any atom is -0.355 e. The minimum absolute atomic E-state index is 0.0206. The highest BCUT2D eigenvalue weighted by Crippen LogP contribution is 2.41. The van der Waals surface area contributed by atoms with Crippen LogP contribution in [0.25, 0.3) is 0 Å². The van der Waals surface area contributed by atoms with Crippen LogP contribution in [0.4, 0.5) is 0 Å². The first kappa shape index (κ1) is 13.1. The van der Waals surface area contributed by atoms with Crippen LogP contribution in [0.3, 0.4) is 0 Å². The average molecular weight is 278 g/mol. The van der Waals surface area contributed by atoms with Gasteiger partial charge in [0.25, 0.3) is 0 Å². The van der Waals surface area contributed by atoms with Gasteiger partial charge in [0.05, 0.1) is 0 Å². The Balaban J connectivity index is 1.48. The maximum atomic E-state index is 12.1. The largest absolute Gasteiger partial charge is 0.355 e. The van der Waals surface area contributed by atoms with Crippen molar-refractivity contribution in [2.45, 2.75) is 32.1 Å². The first-order chi connectivity index (χ1) is 9.63. The quantitative estimate of drug-likeness (QED) is 0.706. The van der Waals surface area contributed by atoms with E-state index in [0.29, 0.717) is 37.4 Å². The van der Waals surface area contributed by atoms with Crippen LogP contribution in [-0.4, -0.2) is 33.4 Å². The molecule has 7 heteroatoms. The van der Waals surface area contributed by atoms with Gasteiger partial charge in [-0.15, -0.1) is 0 Å². The maximum Gasteiger partial charge on any atom is 0.340 e. The summed E-state index contributed by atoms with van der Waals surface area (Å²) in [7, 11) is 0. The molecule has 1 unspecified atom stereocenters. The zero-order valence-electron chi connectivity index (χ0n) is 11.1. The lowest BCUT2D eigenvalue weighted by Crippen LogP contribution is -2.38. The molecule has 3 rings (SSSR count). The van der Waals surface area contributed by atoms with Crippen LogP contribution < -0.4 is 11.0 Å². The topological polar surface area (TPSA) is 108 Å². The number of fused-ring (bicyclic) bond motifs is 2. The van der Waals surface area contributed by atoms with Crippen molar-refractivity contribution in [1.82, 2.24) is 20.5 Å². The number of nitrogens with one attached hydrogen (secondary N) is 3. The molecule has 3 atom stereocenters. The summed E-state index contributed by atoms with van der Waals surface area (Å²) in [6.45, 7) is 0.444. The highest BCUT2D eigenvalue weighted by Gasteiger charge is 2.43. The van der Waals surface area contributed by atoms with E-state index in [2.05, 4.69) is 20.5 Å². The fourth-order valence-corrected chi connectivity index (χ4v) is 3.36. The van der Waals surface area contributed by atoms with Gasteiger partial charge in [-0.05, 0) is 25.7 Å². The molecule has 0 aliphatic heterocycles. The number of ketones is 1. The Morgan fingerprint density at radius 1 is 1.25 bits per heavy atom. The van der Waals surface area contributed by atoms with Crippen LogP contribution >= 0.6 is 0 Å². The van der Waals surface area contributed by atoms with Gasteiger partial charge in [0.2, 0.25) is 5.91 Å². The Labute approximate surface area is 115 Å². The standard InChI is InChI=1S/C13H18N4O3/c18-11-7-1-2-8(11)6-9(5-7)12(19)14-4-3-10-15-13(20)17-16-10/h7-9H,1-6H2,(H,14,19)(H2,15,16,17,20)/t7-,8+,9?. The molecule has 0 saturated heterocycles. The molecule has 1 aromatic heterocycles. The predicted molar refractivity (Wildman–Crippen MR) is 69.9 cm³/mol. The van der Waals surface area contributed by atoms with Crippen LogP contribution in [0, 0.1) is 17.8 Å². The fraction of sp³-hybridized carbons (Fsp3) is 0.692. The number of Topliss-reactive ketones (excluding diaryl/α,β-unsaturated/α-hetero) is 1. The molecule has 3 N–H and O–H groups in total. The van der Waals surface area contributed by atoms with E-state index < -0.39 is 0 Å². The summed E-state index contributed by atoms with van der Waals surface area (Å²) in [6, 6.07) is 0. The van der Waals surface area contributed by atoms with Gasteiger partial charge >= 0.3 is 5.69 Å². The SMILES string of the molecule is O=C(NCCc1n[nH]c(=O)[nH]1)C1C[C@H]2CC[C@@H](C1)C2=O. The van der Waals surface area contributed by atoms with Gasteiger partial charge in [0.15, 0.2) is 0 Å². The summed E-state index contributed by atoms with van der Waals surface area (Å²) in [4.78, 5) is 37.3. The van der Waals surface area contributed by atoms with Gasteiger partial charge in [-0.3, -0.25) is 14.6 Å². The molecular formula is C13H18N4O3. The number of nitrogens with zero attached hydrogens (tertiary/aromatic N) is 1. The van der Waals surface area contributed by atoms with Crippen LogP contribution in [0.5, 0.6) is 0 Å². The van der Waals surface area contributed by atoms with Gasteiger partial charge in [-0.25, -0.2) is 9.89 Å². The number of rotatable bonds is 4. The molecule has 2 aliphatic rings. The molecule has 0 radical (unpaired) electrons. The Kier molecular flexibility index (Phi) is 3.42. The Hall–Kier alpha value is -1.92. The molecule has 2 aliphatic carbocycles. The van der Waals surface area contributed by atoms with Gasteiger partial charge in [0.1, 0.15) is 11.6 Å². The third kappa shape index (κ3) is 2.52. The van der Waals surface area contributed by atoms with Gasteiger partial charge in [-0.2, -0.15) is 5.10 Å². The van der Waals surface area contributed by atoms with E-state index in [1.807, 2.05) is 0 Å². The number of H-pyrrole nitrogens is 2. The van der Waals surface area contributed by atoms with Crippen molar-refractivity contribution < 1.29 is 9.59 Å². The van der Waals surface area contributed by atoms with Gasteiger partial charge in [0, 0.05) is 30.7 Å². The zero-order chi connectivity index (χ0) is 14.1. The lowest BCUT2D eigenvalue weighted by atomic mass is 9.79. The molecule has 20 heavy (non-hydrogen) atoms. The van der Waals surface area contributed by atoms with E-state index in [1.54, 1.807) is 0 Å². The van der Waals surface area contributed by atoms with Crippen molar-refractivity contribution in [3.63, 3.8) is 0 Å². The van der Waals surface area contributed by atoms with Crippen molar-refractivity contribution in [2.75, 3.05) is 6.54 Å². The number of hydrogen-bond donors (Lipinski definition) is 3. The fourth-order valence-electron chi connectivity index (χ4n) is 3.36. The third-order valence-corrected chi connectivity index (χ3v) is 4.39. The monoisotopic (exact) mass is 278 g/mol. The molecule has 2 bridgehead atoms. The first-order valence-corrected chi connectivity index (χ1v) is 7.08. The third-order valence-electron chi connectivity index (χ3n) is 4.39. The van der Waals surface area contributed by atoms with Crippen molar-refractivity contribution in [2.24, 2.45) is 17.8 Å². The Morgan fingerprint density at radius 3 is 2.55 bits per heavy atom. The maximum absolute atomic E-state index is 12.1. The van der Waals surface area contributed by atoms with E-state index in [0.717, 1.165) is 12.8 Å². The minimum atomic E-state index is -0.339. The van der Waals surface area contributed by atoms with E-state index in [-0.39, 0.29) is 29.4 Å². The highest BCUT2D eigenvalue weighted by atomic mass is 16.2. The number of aromatic nitrogens is 3. The van der Waals surface area contributed by atoms with Crippen molar-refractivity contribution in [1.29, 1.82) is 0 Å². The van der Waals surface area contributed by atoms with Crippen LogP contribution in [0.15, 0.2) is 4.79 Å². The normalized spacial score (nSPS) is 28.6. The average Bonchev–Trinajstić information content (AvgIpc) is 2.89. The second-order valence-electron chi connectivity index (χ2n) is 5.71. The number of amides is 1. The summed E-state index contributed by atoms with van der Waals surface area (Å²) < 4.78 is 0. The molecule has 2 saturated carbocycles. The second-order valence-corrected chi connectivity index (χ2v) is 5.71. The van der Waals surface area contributed by atoms with E-state index in [9.17, 15) is 14.4 Å². The number of carbonyl (C=O) groups is 2. The molecule has 2 fully saturated rings. The summed E-state index contributed by atoms with van der Waals surface area (Å²) >= 11 is 0. The molecular weight excluding hydrogens is 260 g/mol. The second kappa shape index (κ2) is 5.22. The highest BCUT2D eigenvalue weighted by molar-refractivity contribution is 5.89. The molecule has 1 aromatic rings. The number of aromatic amines is 2. The summed E-state index contributed by atoms with van der Waals surface area (Å²) in [5.74, 6) is 1.09. The van der Waals surface area contributed by atoms with E-state index in [4.69, 9.17) is 0 Å².